The zero-order valence-corrected chi connectivity index (χ0v) is 10.1. The molecule has 1 amide bonds. The van der Waals surface area contributed by atoms with Crippen LogP contribution in [0.4, 0.5) is 13.2 Å². The number of aromatic hydroxyl groups is 1. The molecule has 2 N–H and O–H groups in total. The Labute approximate surface area is 108 Å². The van der Waals surface area contributed by atoms with Gasteiger partial charge < -0.3 is 10.4 Å². The third-order valence-electron chi connectivity index (χ3n) is 2.46. The van der Waals surface area contributed by atoms with E-state index in [9.17, 15) is 18.0 Å². The molecule has 6 heteroatoms. The normalized spacial score (nSPS) is 11.7. The highest BCUT2D eigenvalue weighted by Crippen LogP contribution is 2.25. The van der Waals surface area contributed by atoms with Crippen molar-refractivity contribution in [2.24, 2.45) is 0 Å². The van der Waals surface area contributed by atoms with E-state index in [1.54, 1.807) is 0 Å². The van der Waals surface area contributed by atoms with Crippen LogP contribution in [0, 0.1) is 29.8 Å². The lowest BCUT2D eigenvalue weighted by atomic mass is 10.1. The topological polar surface area (TPSA) is 49.3 Å². The van der Waals surface area contributed by atoms with Crippen molar-refractivity contribution in [1.29, 1.82) is 0 Å². The molecule has 0 heterocycles. The van der Waals surface area contributed by atoms with Gasteiger partial charge in [-0.25, -0.2) is 8.78 Å². The summed E-state index contributed by atoms with van der Waals surface area (Å²) < 4.78 is 39.3. The molecule has 0 aliphatic rings. The smallest absolute Gasteiger partial charge is 0.255 e. The number of carbonyl (C=O) groups excluding carboxylic acids is 1. The predicted octanol–water partition coefficient (Wildman–Crippen LogP) is 2.34. The molecule has 19 heavy (non-hydrogen) atoms. The average Bonchev–Trinajstić information content (AvgIpc) is 2.39. The summed E-state index contributed by atoms with van der Waals surface area (Å²) in [6, 6.07) is -0.272. The lowest BCUT2D eigenvalue weighted by molar-refractivity contribution is 0.0938. The zero-order valence-electron chi connectivity index (χ0n) is 10.1. The maximum absolute atomic E-state index is 13.5. The summed E-state index contributed by atoms with van der Waals surface area (Å²) in [5, 5.41) is 11.3. The van der Waals surface area contributed by atoms with Gasteiger partial charge in [0.15, 0.2) is 17.4 Å². The van der Waals surface area contributed by atoms with E-state index in [2.05, 4.69) is 11.2 Å². The number of hydrogen-bond acceptors (Lipinski definition) is 2. The number of phenolic OH excluding ortho intramolecular Hbond substituents is 1. The highest BCUT2D eigenvalue weighted by Gasteiger charge is 2.23. The molecule has 1 aromatic rings. The van der Waals surface area contributed by atoms with Gasteiger partial charge in [0.05, 0.1) is 11.6 Å². The van der Waals surface area contributed by atoms with Crippen molar-refractivity contribution in [3.63, 3.8) is 0 Å². The number of nitrogens with one attached hydrogen (secondary N) is 1. The average molecular weight is 271 g/mol. The first-order chi connectivity index (χ1) is 8.92. The van der Waals surface area contributed by atoms with Gasteiger partial charge >= 0.3 is 0 Å². The van der Waals surface area contributed by atoms with Crippen LogP contribution in [0.2, 0.25) is 0 Å². The Morgan fingerprint density at radius 1 is 1.47 bits per heavy atom. The third-order valence-corrected chi connectivity index (χ3v) is 2.46. The van der Waals surface area contributed by atoms with Crippen molar-refractivity contribution < 1.29 is 23.1 Å². The highest BCUT2D eigenvalue weighted by atomic mass is 19.2. The minimum atomic E-state index is -1.74. The van der Waals surface area contributed by atoms with Gasteiger partial charge in [-0.2, -0.15) is 4.39 Å². The second-order valence-corrected chi connectivity index (χ2v) is 3.86. The molecule has 0 fully saturated rings. The molecule has 0 bridgehead atoms. The van der Waals surface area contributed by atoms with Gasteiger partial charge in [-0.3, -0.25) is 4.79 Å². The standard InChI is InChI=1S/C13H12F3NO2/c1-3-5-7(4-2)17-13(19)8-6-9(14)11(16)12(18)10(8)15/h2,6-7,18H,3,5H2,1H3,(H,17,19). The van der Waals surface area contributed by atoms with Crippen LogP contribution in [0.3, 0.4) is 0 Å². The zero-order chi connectivity index (χ0) is 14.6. The maximum atomic E-state index is 13.5. The summed E-state index contributed by atoms with van der Waals surface area (Å²) in [5.41, 5.74) is -0.798. The molecule has 1 unspecified atom stereocenters. The summed E-state index contributed by atoms with van der Waals surface area (Å²) in [7, 11) is 0. The molecule has 0 saturated carbocycles. The van der Waals surface area contributed by atoms with E-state index in [0.29, 0.717) is 18.9 Å². The maximum Gasteiger partial charge on any atom is 0.255 e. The van der Waals surface area contributed by atoms with Crippen LogP contribution in [-0.2, 0) is 0 Å². The van der Waals surface area contributed by atoms with Gasteiger partial charge in [0, 0.05) is 0 Å². The van der Waals surface area contributed by atoms with Crippen LogP contribution < -0.4 is 5.32 Å². The van der Waals surface area contributed by atoms with E-state index in [4.69, 9.17) is 11.5 Å². The molecule has 1 atom stereocenters. The molecule has 0 aromatic heterocycles. The SMILES string of the molecule is C#CC(CCC)NC(=O)c1cc(F)c(F)c(O)c1F. The van der Waals surface area contributed by atoms with Gasteiger partial charge in [-0.1, -0.05) is 19.3 Å². The van der Waals surface area contributed by atoms with Crippen molar-refractivity contribution in [3.8, 4) is 18.1 Å². The molecule has 102 valence electrons. The van der Waals surface area contributed by atoms with E-state index in [0.717, 1.165) is 0 Å². The van der Waals surface area contributed by atoms with Crippen molar-refractivity contribution in [3.05, 3.63) is 29.1 Å². The van der Waals surface area contributed by atoms with Gasteiger partial charge in [-0.05, 0) is 12.5 Å². The van der Waals surface area contributed by atoms with Crippen LogP contribution in [0.5, 0.6) is 5.75 Å². The monoisotopic (exact) mass is 271 g/mol. The summed E-state index contributed by atoms with van der Waals surface area (Å²) in [6.07, 6.45) is 6.30. The van der Waals surface area contributed by atoms with Crippen molar-refractivity contribution in [1.82, 2.24) is 5.32 Å². The van der Waals surface area contributed by atoms with E-state index in [-0.39, 0.29) is 0 Å². The first kappa shape index (κ1) is 14.9. The predicted molar refractivity (Wildman–Crippen MR) is 63.0 cm³/mol. The number of phenols is 1. The number of terminal acetylenes is 1. The number of benzene rings is 1. The van der Waals surface area contributed by atoms with Crippen LogP contribution in [0.1, 0.15) is 30.1 Å². The molecule has 1 aromatic carbocycles. The second kappa shape index (κ2) is 6.14. The Morgan fingerprint density at radius 3 is 2.63 bits per heavy atom. The summed E-state index contributed by atoms with van der Waals surface area (Å²) in [6.45, 7) is 1.83. The first-order valence-electron chi connectivity index (χ1n) is 5.55. The lowest BCUT2D eigenvalue weighted by Crippen LogP contribution is -2.34. The summed E-state index contributed by atoms with van der Waals surface area (Å²) in [5.74, 6) is -5.04. The van der Waals surface area contributed by atoms with E-state index in [1.165, 1.54) is 0 Å². The highest BCUT2D eigenvalue weighted by molar-refractivity contribution is 5.95. The largest absolute Gasteiger partial charge is 0.503 e. The van der Waals surface area contributed by atoms with Gasteiger partial charge in [0.1, 0.15) is 0 Å². The number of halogens is 3. The molecule has 0 aliphatic heterocycles. The number of hydrogen-bond donors (Lipinski definition) is 2. The Bertz CT molecular complexity index is 538. The Morgan fingerprint density at radius 2 is 2.11 bits per heavy atom. The summed E-state index contributed by atoms with van der Waals surface area (Å²) >= 11 is 0. The number of rotatable bonds is 4. The van der Waals surface area contributed by atoms with E-state index < -0.39 is 40.7 Å². The van der Waals surface area contributed by atoms with Crippen molar-refractivity contribution in [2.45, 2.75) is 25.8 Å². The molecule has 0 saturated heterocycles. The molecule has 0 aliphatic carbocycles. The molecular formula is C13H12F3NO2. The lowest BCUT2D eigenvalue weighted by Gasteiger charge is -2.13. The first-order valence-corrected chi connectivity index (χ1v) is 5.55. The van der Waals surface area contributed by atoms with Gasteiger partial charge in [0.2, 0.25) is 5.82 Å². The molecule has 0 radical (unpaired) electrons. The van der Waals surface area contributed by atoms with E-state index >= 15 is 0 Å². The van der Waals surface area contributed by atoms with Crippen molar-refractivity contribution in [2.75, 3.05) is 0 Å². The Hall–Kier alpha value is -2.16. The van der Waals surface area contributed by atoms with E-state index in [1.807, 2.05) is 6.92 Å². The Kier molecular flexibility index (Phi) is 4.81. The van der Waals surface area contributed by atoms with Crippen LogP contribution in [0.25, 0.3) is 0 Å². The number of amides is 1. The molecule has 3 nitrogen and oxygen atoms in total. The van der Waals surface area contributed by atoms with Crippen molar-refractivity contribution >= 4 is 5.91 Å². The second-order valence-electron chi connectivity index (χ2n) is 3.86. The summed E-state index contributed by atoms with van der Waals surface area (Å²) in [4.78, 5) is 11.7. The minimum absolute atomic E-state index is 0.374. The minimum Gasteiger partial charge on any atom is -0.503 e. The molecule has 0 spiro atoms. The van der Waals surface area contributed by atoms with Crippen LogP contribution >= 0.6 is 0 Å². The fourth-order valence-corrected chi connectivity index (χ4v) is 1.48. The third kappa shape index (κ3) is 3.19. The van der Waals surface area contributed by atoms with Gasteiger partial charge in [-0.15, -0.1) is 6.42 Å². The molecule has 1 rings (SSSR count). The van der Waals surface area contributed by atoms with Gasteiger partial charge in [0.25, 0.3) is 5.91 Å². The Balaban J connectivity index is 3.04. The quantitative estimate of drug-likeness (QED) is 0.652. The fourth-order valence-electron chi connectivity index (χ4n) is 1.48. The molecular weight excluding hydrogens is 259 g/mol. The van der Waals surface area contributed by atoms with Crippen LogP contribution in [0.15, 0.2) is 6.07 Å². The fraction of sp³-hybridized carbons (Fsp3) is 0.308. The number of carbonyl (C=O) groups is 1. The van der Waals surface area contributed by atoms with Crippen LogP contribution in [-0.4, -0.2) is 17.1 Å².